The molecule has 2 N–H and O–H groups in total. The van der Waals surface area contributed by atoms with Crippen molar-refractivity contribution < 1.29 is 48.2 Å². The molecule has 0 aromatic heterocycles. The van der Waals surface area contributed by atoms with Crippen molar-refractivity contribution in [1.82, 2.24) is 15.0 Å². The van der Waals surface area contributed by atoms with Crippen LogP contribution in [-0.4, -0.2) is 128 Å². The van der Waals surface area contributed by atoms with Crippen molar-refractivity contribution >= 4 is 52.2 Å². The maximum Gasteiger partial charge on any atom is 0.306 e. The highest BCUT2D eigenvalue weighted by Gasteiger charge is 2.52. The van der Waals surface area contributed by atoms with Crippen LogP contribution in [0.4, 0.5) is 11.4 Å². The molecule has 1 aromatic rings. The standard InChI is InChI=1S/C60H88N6O10/c1-33(2)63-35(5)59(15,16)41-25-39(43(27-45(41)63)61-47(67)21-23-49(69)75-37-29-55(7,8)65(73-19)56(9,10)30-37)51-53(71)52(54(51)72)40-26-42-46(64(34(3)4)36(6)60(42,17)18)28-44(40)62-48(68)22-24-50(70)76-38-31-57(11,12)66(74-20)58(13,14)32-38/h25-28,33-38,71H,21-24,29-32H2,1-20H3,(H,61,67). The smallest absolute Gasteiger partial charge is 0.306 e. The number of Topliss-reactive ketones (excluding diaryl/α,β-unsaturated/α-hetero) is 1. The van der Waals surface area contributed by atoms with Crippen LogP contribution < -0.4 is 10.2 Å². The minimum Gasteiger partial charge on any atom is -0.506 e. The Hall–Kier alpha value is -5.16. The zero-order chi connectivity index (χ0) is 56.7. The number of aliphatic imine (C=N–C) groups is 1. The number of likely N-dealkylation sites (tertiary alicyclic amines) is 1. The van der Waals surface area contributed by atoms with E-state index in [2.05, 4.69) is 89.3 Å². The number of fused-ring (bicyclic) bond motifs is 2. The molecule has 2 atom stereocenters. The van der Waals surface area contributed by atoms with E-state index in [1.807, 2.05) is 89.8 Å². The zero-order valence-electron chi connectivity index (χ0n) is 49.3. The number of carbonyl (C=O) groups excluding carboxylic acids is 5. The number of nitrogens with zero attached hydrogens (tertiary/aromatic N) is 5. The Bertz CT molecular complexity index is 2680. The molecule has 3 fully saturated rings. The molecule has 1 aromatic carbocycles. The summed E-state index contributed by atoms with van der Waals surface area (Å²) in [7, 11) is 3.29. The van der Waals surface area contributed by atoms with Crippen molar-refractivity contribution in [3.63, 3.8) is 0 Å². The lowest BCUT2D eigenvalue weighted by Crippen LogP contribution is -2.61. The third-order valence-corrected chi connectivity index (χ3v) is 17.4. The quantitative estimate of drug-likeness (QED) is 0.133. The number of hydrogen-bond acceptors (Lipinski definition) is 14. The van der Waals surface area contributed by atoms with Crippen molar-refractivity contribution in [2.24, 2.45) is 10.4 Å². The van der Waals surface area contributed by atoms with E-state index in [0.717, 1.165) is 22.5 Å². The average Bonchev–Trinajstić information content (AvgIpc) is 3.59. The van der Waals surface area contributed by atoms with Crippen molar-refractivity contribution in [2.75, 3.05) is 24.4 Å². The van der Waals surface area contributed by atoms with Gasteiger partial charge in [0.2, 0.25) is 17.6 Å². The number of aliphatic hydroxyl groups is 1. The van der Waals surface area contributed by atoms with Crippen LogP contribution in [0.15, 0.2) is 57.5 Å². The first-order valence-corrected chi connectivity index (χ1v) is 27.4. The molecule has 4 aliphatic heterocycles. The van der Waals surface area contributed by atoms with E-state index < -0.39 is 62.5 Å². The largest absolute Gasteiger partial charge is 0.506 e. The molecule has 418 valence electrons. The number of amides is 2. The molecule has 76 heavy (non-hydrogen) atoms. The molecule has 0 spiro atoms. The highest BCUT2D eigenvalue weighted by molar-refractivity contribution is 6.42. The second kappa shape index (κ2) is 20.6. The highest BCUT2D eigenvalue weighted by atomic mass is 16.7. The lowest BCUT2D eigenvalue weighted by Gasteiger charge is -2.52. The van der Waals surface area contributed by atoms with Crippen molar-refractivity contribution in [2.45, 2.75) is 240 Å². The van der Waals surface area contributed by atoms with Gasteiger partial charge in [-0.3, -0.25) is 24.0 Å². The summed E-state index contributed by atoms with van der Waals surface area (Å²) in [6.07, 6.45) is 4.42. The molecule has 3 saturated heterocycles. The van der Waals surface area contributed by atoms with Crippen molar-refractivity contribution in [3.8, 4) is 0 Å². The van der Waals surface area contributed by atoms with Gasteiger partial charge in [-0.25, -0.2) is 4.99 Å². The van der Waals surface area contributed by atoms with Crippen LogP contribution in [0.2, 0.25) is 0 Å². The summed E-state index contributed by atoms with van der Waals surface area (Å²) < 4.78 is 11.9. The number of allylic oxidation sites excluding steroid dienone is 6. The molecule has 0 bridgehead atoms. The van der Waals surface area contributed by atoms with Crippen LogP contribution in [0.1, 0.15) is 187 Å². The maximum absolute atomic E-state index is 15.1. The van der Waals surface area contributed by atoms with Crippen molar-refractivity contribution in [3.05, 3.63) is 63.6 Å². The topological polar surface area (TPSA) is 180 Å². The van der Waals surface area contributed by atoms with E-state index in [1.54, 1.807) is 14.2 Å². The number of aliphatic hydroxyl groups excluding tert-OH is 1. The van der Waals surface area contributed by atoms with Gasteiger partial charge in [-0.2, -0.15) is 10.1 Å². The molecule has 4 heterocycles. The molecular weight excluding hydrogens is 965 g/mol. The number of ketones is 1. The molecule has 7 rings (SSSR count). The Morgan fingerprint density at radius 2 is 1.14 bits per heavy atom. The Kier molecular flexibility index (Phi) is 15.8. The third kappa shape index (κ3) is 10.6. The van der Waals surface area contributed by atoms with E-state index in [9.17, 15) is 24.3 Å². The molecular formula is C60H88N6O10. The highest BCUT2D eigenvalue weighted by Crippen LogP contribution is 2.54. The van der Waals surface area contributed by atoms with Crippen LogP contribution in [-0.2, 0) is 48.5 Å². The number of benzene rings is 1. The maximum atomic E-state index is 15.1. The summed E-state index contributed by atoms with van der Waals surface area (Å²) >= 11 is 0. The van der Waals surface area contributed by atoms with Crippen LogP contribution in [0.25, 0.3) is 5.57 Å². The summed E-state index contributed by atoms with van der Waals surface area (Å²) in [5.41, 5.74) is 2.43. The van der Waals surface area contributed by atoms with Crippen LogP contribution in [0, 0.1) is 5.41 Å². The SMILES string of the molecule is CON1C(C)(C)CC(OC(=O)CCC(=O)N=C2C=C3C(=CC2=C2C(=O)C(c4cc5c(cc4NC(=O)CCC(=O)OC4CC(C)(C)N(OC)C(C)(C)C4)N(C(C)C)C(C)C5(C)C)=C2O)C(C)(C)C(C)N3C(C)C)CC1(C)C. The van der Waals surface area contributed by atoms with E-state index in [-0.39, 0.29) is 84.7 Å². The van der Waals surface area contributed by atoms with Crippen LogP contribution in [0.3, 0.4) is 0 Å². The van der Waals surface area contributed by atoms with E-state index in [4.69, 9.17) is 19.1 Å². The minimum absolute atomic E-state index is 0.00230. The Labute approximate surface area is 452 Å². The van der Waals surface area contributed by atoms with E-state index in [0.29, 0.717) is 42.5 Å². The van der Waals surface area contributed by atoms with Gasteiger partial charge in [-0.15, -0.1) is 0 Å². The summed E-state index contributed by atoms with van der Waals surface area (Å²) in [5.74, 6) is -2.79. The first kappa shape index (κ1) is 58.5. The van der Waals surface area contributed by atoms with E-state index in [1.165, 1.54) is 0 Å². The second-order valence-electron chi connectivity index (χ2n) is 26.3. The minimum atomic E-state index is -0.576. The fraction of sp³-hybridized carbons (Fsp3) is 0.667. The van der Waals surface area contributed by atoms with Gasteiger partial charge in [0.1, 0.15) is 18.0 Å². The molecule has 0 radical (unpaired) electrons. The van der Waals surface area contributed by atoms with Crippen LogP contribution >= 0.6 is 0 Å². The van der Waals surface area contributed by atoms with Crippen molar-refractivity contribution in [1.29, 1.82) is 0 Å². The third-order valence-electron chi connectivity index (χ3n) is 17.4. The van der Waals surface area contributed by atoms with Gasteiger partial charge >= 0.3 is 11.9 Å². The zero-order valence-corrected chi connectivity index (χ0v) is 49.3. The van der Waals surface area contributed by atoms with Gasteiger partial charge in [0.05, 0.1) is 49.6 Å². The lowest BCUT2D eigenvalue weighted by molar-refractivity contribution is -0.278. The molecule has 6 aliphatic rings. The number of hydrogen-bond donors (Lipinski definition) is 2. The molecule has 2 amide bonds. The predicted molar refractivity (Wildman–Crippen MR) is 296 cm³/mol. The summed E-state index contributed by atoms with van der Waals surface area (Å²) in [5, 5.41) is 19.3. The average molecular weight is 1050 g/mol. The molecule has 16 nitrogen and oxygen atoms in total. The number of ether oxygens (including phenoxy) is 2. The van der Waals surface area contributed by atoms with Gasteiger partial charge in [-0.05, 0) is 132 Å². The monoisotopic (exact) mass is 1050 g/mol. The van der Waals surface area contributed by atoms with Gasteiger partial charge < -0.3 is 39.4 Å². The first-order chi connectivity index (χ1) is 35.0. The van der Waals surface area contributed by atoms with Gasteiger partial charge in [0, 0.05) is 118 Å². The number of rotatable bonds is 14. The normalized spacial score (nSPS) is 26.3. The first-order valence-electron chi connectivity index (χ1n) is 27.4. The molecule has 0 saturated carbocycles. The summed E-state index contributed by atoms with van der Waals surface area (Å²) in [6.45, 7) is 37.7. The number of nitrogens with one attached hydrogen (secondary N) is 1. The fourth-order valence-electron chi connectivity index (χ4n) is 14.0. The predicted octanol–water partition coefficient (Wildman–Crippen LogP) is 10.4. The Morgan fingerprint density at radius 1 is 0.671 bits per heavy atom. The van der Waals surface area contributed by atoms with E-state index >= 15 is 4.79 Å². The summed E-state index contributed by atoms with van der Waals surface area (Å²) in [6, 6.07) is 4.03. The number of hydroxylamine groups is 4. The Balaban J connectivity index is 1.22. The number of esters is 2. The fourth-order valence-corrected chi connectivity index (χ4v) is 14.0. The number of carbonyl (C=O) groups is 5. The molecule has 2 unspecified atom stereocenters. The number of piperidine rings is 2. The summed E-state index contributed by atoms with van der Waals surface area (Å²) in [4.78, 5) is 90.4. The van der Waals surface area contributed by atoms with Gasteiger partial charge in [0.25, 0.3) is 0 Å². The number of anilines is 2. The van der Waals surface area contributed by atoms with Gasteiger partial charge in [-0.1, -0.05) is 27.7 Å². The lowest BCUT2D eigenvalue weighted by atomic mass is 9.73. The molecule has 16 heteroatoms. The molecule has 2 aliphatic carbocycles. The Morgan fingerprint density at radius 3 is 1.61 bits per heavy atom. The van der Waals surface area contributed by atoms with Gasteiger partial charge in [0.15, 0.2) is 0 Å². The van der Waals surface area contributed by atoms with Crippen LogP contribution in [0.5, 0.6) is 0 Å². The second-order valence-corrected chi connectivity index (χ2v) is 26.3.